The van der Waals surface area contributed by atoms with Gasteiger partial charge in [0.2, 0.25) is 0 Å². The van der Waals surface area contributed by atoms with Gasteiger partial charge in [-0.15, -0.1) is 0 Å². The molecule has 1 aromatic rings. The predicted molar refractivity (Wildman–Crippen MR) is 60.9 cm³/mol. The lowest BCUT2D eigenvalue weighted by molar-refractivity contribution is 0.318. The van der Waals surface area contributed by atoms with Gasteiger partial charge in [0, 0.05) is 19.7 Å². The summed E-state index contributed by atoms with van der Waals surface area (Å²) >= 11 is 3.07. The molecule has 0 heterocycles. The molecule has 0 atom stereocenters. The molecule has 0 saturated carbocycles. The van der Waals surface area contributed by atoms with Crippen molar-refractivity contribution in [2.45, 2.75) is 0 Å². The van der Waals surface area contributed by atoms with Crippen molar-refractivity contribution in [2.24, 2.45) is 10.9 Å². The summed E-state index contributed by atoms with van der Waals surface area (Å²) in [6.45, 7) is 0. The average Bonchev–Trinajstić information content (AvgIpc) is 2.20. The van der Waals surface area contributed by atoms with Crippen LogP contribution < -0.4 is 10.6 Å². The Morgan fingerprint density at radius 1 is 1.53 bits per heavy atom. The average molecular weight is 276 g/mol. The standard InChI is InChI=1S/C9H11BrFN3O/c1-14(2)6-4-3-5(9(12)13-15)7(10)8(6)11/h3-4,15H,1-2H3,(H2,12,13). The van der Waals surface area contributed by atoms with Gasteiger partial charge in [-0.05, 0) is 28.1 Å². The molecule has 0 fully saturated rings. The molecule has 1 aromatic carbocycles. The largest absolute Gasteiger partial charge is 0.409 e. The third kappa shape index (κ3) is 2.20. The minimum absolute atomic E-state index is 0.133. The fraction of sp³-hybridized carbons (Fsp3) is 0.222. The van der Waals surface area contributed by atoms with Crippen LogP contribution in [0.1, 0.15) is 5.56 Å². The maximum Gasteiger partial charge on any atom is 0.171 e. The summed E-state index contributed by atoms with van der Waals surface area (Å²) < 4.78 is 13.9. The zero-order chi connectivity index (χ0) is 11.6. The summed E-state index contributed by atoms with van der Waals surface area (Å²) in [6, 6.07) is 3.14. The van der Waals surface area contributed by atoms with E-state index in [1.807, 2.05) is 0 Å². The van der Waals surface area contributed by atoms with Crippen molar-refractivity contribution in [3.8, 4) is 0 Å². The van der Waals surface area contributed by atoms with Crippen molar-refractivity contribution >= 4 is 27.5 Å². The van der Waals surface area contributed by atoms with Crippen LogP contribution in [0.25, 0.3) is 0 Å². The molecule has 3 N–H and O–H groups in total. The first-order valence-electron chi connectivity index (χ1n) is 4.12. The van der Waals surface area contributed by atoms with E-state index in [0.29, 0.717) is 11.3 Å². The number of rotatable bonds is 2. The second-order valence-electron chi connectivity index (χ2n) is 3.14. The number of anilines is 1. The summed E-state index contributed by atoms with van der Waals surface area (Å²) in [6.07, 6.45) is 0. The van der Waals surface area contributed by atoms with Gasteiger partial charge in [0.1, 0.15) is 0 Å². The van der Waals surface area contributed by atoms with Gasteiger partial charge in [0.15, 0.2) is 11.7 Å². The fourth-order valence-corrected chi connectivity index (χ4v) is 1.67. The van der Waals surface area contributed by atoms with Crippen molar-refractivity contribution in [2.75, 3.05) is 19.0 Å². The second kappa shape index (κ2) is 4.48. The lowest BCUT2D eigenvalue weighted by Gasteiger charge is -2.15. The number of hydrogen-bond acceptors (Lipinski definition) is 3. The Morgan fingerprint density at radius 3 is 2.60 bits per heavy atom. The van der Waals surface area contributed by atoms with E-state index in [1.165, 1.54) is 0 Å². The number of benzene rings is 1. The third-order valence-electron chi connectivity index (χ3n) is 1.93. The molecule has 82 valence electrons. The Bertz CT molecular complexity index is 407. The SMILES string of the molecule is CN(C)c1ccc(/C(N)=N/O)c(Br)c1F. The summed E-state index contributed by atoms with van der Waals surface area (Å²) in [4.78, 5) is 1.64. The van der Waals surface area contributed by atoms with Crippen LogP contribution in [-0.2, 0) is 0 Å². The highest BCUT2D eigenvalue weighted by Gasteiger charge is 2.14. The molecule has 0 radical (unpaired) electrons. The van der Waals surface area contributed by atoms with Gasteiger partial charge in [-0.2, -0.15) is 0 Å². The Kier molecular flexibility index (Phi) is 3.52. The number of hydrogen-bond donors (Lipinski definition) is 2. The Labute approximate surface area is 95.3 Å². The van der Waals surface area contributed by atoms with Crippen LogP contribution in [0, 0.1) is 5.82 Å². The van der Waals surface area contributed by atoms with E-state index >= 15 is 0 Å². The number of halogens is 2. The van der Waals surface area contributed by atoms with Gasteiger partial charge in [0.25, 0.3) is 0 Å². The first-order chi connectivity index (χ1) is 6.99. The minimum atomic E-state index is -0.441. The van der Waals surface area contributed by atoms with Crippen molar-refractivity contribution in [1.29, 1.82) is 0 Å². The lowest BCUT2D eigenvalue weighted by atomic mass is 10.1. The van der Waals surface area contributed by atoms with Crippen LogP contribution in [0.4, 0.5) is 10.1 Å². The summed E-state index contributed by atoms with van der Waals surface area (Å²) in [5.74, 6) is -0.574. The van der Waals surface area contributed by atoms with E-state index in [2.05, 4.69) is 21.1 Å². The van der Waals surface area contributed by atoms with Gasteiger partial charge in [0.05, 0.1) is 10.2 Å². The van der Waals surface area contributed by atoms with Crippen LogP contribution in [0.2, 0.25) is 0 Å². The summed E-state index contributed by atoms with van der Waals surface area (Å²) in [7, 11) is 3.46. The third-order valence-corrected chi connectivity index (χ3v) is 2.70. The summed E-state index contributed by atoms with van der Waals surface area (Å²) in [5.41, 5.74) is 6.13. The van der Waals surface area contributed by atoms with E-state index in [0.717, 1.165) is 0 Å². The van der Waals surface area contributed by atoms with E-state index in [9.17, 15) is 4.39 Å². The maximum absolute atomic E-state index is 13.7. The molecular weight excluding hydrogens is 265 g/mol. The van der Waals surface area contributed by atoms with Crippen molar-refractivity contribution in [3.63, 3.8) is 0 Å². The number of amidine groups is 1. The molecule has 4 nitrogen and oxygen atoms in total. The summed E-state index contributed by atoms with van der Waals surface area (Å²) in [5, 5.41) is 11.3. The van der Waals surface area contributed by atoms with Crippen LogP contribution in [-0.4, -0.2) is 25.1 Å². The van der Waals surface area contributed by atoms with Crippen LogP contribution in [0.15, 0.2) is 21.8 Å². The molecule has 15 heavy (non-hydrogen) atoms. The van der Waals surface area contributed by atoms with Gasteiger partial charge in [-0.3, -0.25) is 0 Å². The second-order valence-corrected chi connectivity index (χ2v) is 3.93. The minimum Gasteiger partial charge on any atom is -0.409 e. The smallest absolute Gasteiger partial charge is 0.171 e. The van der Waals surface area contributed by atoms with E-state index in [1.54, 1.807) is 31.1 Å². The molecule has 0 aromatic heterocycles. The molecule has 0 aliphatic carbocycles. The molecule has 0 saturated heterocycles. The zero-order valence-electron chi connectivity index (χ0n) is 8.33. The van der Waals surface area contributed by atoms with Crippen molar-refractivity contribution in [1.82, 2.24) is 0 Å². The first kappa shape index (κ1) is 11.8. The molecule has 1 rings (SSSR count). The zero-order valence-corrected chi connectivity index (χ0v) is 9.92. The topological polar surface area (TPSA) is 61.8 Å². The Balaban J connectivity index is 3.34. The normalized spacial score (nSPS) is 11.6. The van der Waals surface area contributed by atoms with Crippen LogP contribution in [0.3, 0.4) is 0 Å². The van der Waals surface area contributed by atoms with Gasteiger partial charge in [-0.1, -0.05) is 5.16 Å². The molecule has 0 aliphatic heterocycles. The van der Waals surface area contributed by atoms with Crippen molar-refractivity contribution < 1.29 is 9.60 Å². The first-order valence-corrected chi connectivity index (χ1v) is 4.91. The number of nitrogens with two attached hydrogens (primary N) is 1. The highest BCUT2D eigenvalue weighted by molar-refractivity contribution is 9.10. The van der Waals surface area contributed by atoms with E-state index in [-0.39, 0.29) is 10.3 Å². The Hall–Kier alpha value is -1.30. The maximum atomic E-state index is 13.7. The highest BCUT2D eigenvalue weighted by Crippen LogP contribution is 2.28. The molecule has 0 amide bonds. The molecule has 0 unspecified atom stereocenters. The van der Waals surface area contributed by atoms with Gasteiger partial charge in [-0.25, -0.2) is 4.39 Å². The highest BCUT2D eigenvalue weighted by atomic mass is 79.9. The molecule has 6 heteroatoms. The quantitative estimate of drug-likeness (QED) is 0.374. The molecule has 0 spiro atoms. The van der Waals surface area contributed by atoms with Crippen LogP contribution in [0.5, 0.6) is 0 Å². The van der Waals surface area contributed by atoms with Crippen LogP contribution >= 0.6 is 15.9 Å². The Morgan fingerprint density at radius 2 is 2.13 bits per heavy atom. The van der Waals surface area contributed by atoms with Gasteiger partial charge < -0.3 is 15.8 Å². The monoisotopic (exact) mass is 275 g/mol. The molecule has 0 aliphatic rings. The number of oxime groups is 1. The van der Waals surface area contributed by atoms with E-state index < -0.39 is 5.82 Å². The van der Waals surface area contributed by atoms with Gasteiger partial charge >= 0.3 is 0 Å². The van der Waals surface area contributed by atoms with E-state index in [4.69, 9.17) is 10.9 Å². The number of nitrogens with zero attached hydrogens (tertiary/aromatic N) is 2. The molecular formula is C9H11BrFN3O. The van der Waals surface area contributed by atoms with Crippen molar-refractivity contribution in [3.05, 3.63) is 28.0 Å². The predicted octanol–water partition coefficient (Wildman–Crippen LogP) is 1.75. The fourth-order valence-electron chi connectivity index (χ4n) is 1.14. The molecule has 0 bridgehead atoms. The lowest BCUT2D eigenvalue weighted by Crippen LogP contribution is -2.16.